The molecular formula is C24H31N5O4. The van der Waals surface area contributed by atoms with E-state index in [0.29, 0.717) is 38.5 Å². The Balaban J connectivity index is 1.43. The number of carbonyl (C=O) groups excluding carboxylic acids is 1. The number of aliphatic hydroxyl groups is 1. The van der Waals surface area contributed by atoms with Crippen LogP contribution in [0, 0.1) is 5.92 Å². The standard InChI is InChI=1S/C24H31N5O4/c1-2-32-24(31)27-20-5-3-4-16(12-20)14-29-23-19(15-33-23)13-21(28-29)17-6-8-18(9-7-17)22(30)26-11-10-25/h3-6,8-9,12-13,17,22-23,26,30H,2,7,10-11,14-15,25H2,1H3,(H,27,31). The maximum Gasteiger partial charge on any atom is 0.411 e. The third-order valence-electron chi connectivity index (χ3n) is 5.67. The first-order valence-electron chi connectivity index (χ1n) is 11.3. The van der Waals surface area contributed by atoms with Crippen LogP contribution in [0.25, 0.3) is 0 Å². The predicted octanol–water partition coefficient (Wildman–Crippen LogP) is 2.08. The molecule has 1 aliphatic carbocycles. The van der Waals surface area contributed by atoms with Crippen molar-refractivity contribution in [3.05, 3.63) is 65.3 Å². The number of anilines is 1. The molecule has 3 atom stereocenters. The molecule has 176 valence electrons. The molecule has 2 aliphatic heterocycles. The van der Waals surface area contributed by atoms with Gasteiger partial charge in [-0.25, -0.2) is 4.79 Å². The van der Waals surface area contributed by atoms with E-state index in [1.165, 1.54) is 5.57 Å². The minimum absolute atomic E-state index is 0.129. The number of amides is 1. The van der Waals surface area contributed by atoms with E-state index in [1.54, 1.807) is 6.92 Å². The van der Waals surface area contributed by atoms with Crippen LogP contribution in [0.3, 0.4) is 0 Å². The zero-order chi connectivity index (χ0) is 23.2. The molecule has 5 N–H and O–H groups in total. The van der Waals surface area contributed by atoms with Gasteiger partial charge in [0, 0.05) is 30.3 Å². The summed E-state index contributed by atoms with van der Waals surface area (Å²) < 4.78 is 10.7. The Labute approximate surface area is 193 Å². The molecule has 9 heteroatoms. The SMILES string of the molecule is CCOC(=O)Nc1cccc(CN2N=C(C3C=CC(C(O)NCCN)=CC3)C=C3COC32)c1. The first kappa shape index (κ1) is 23.2. The Kier molecular flexibility index (Phi) is 7.56. The molecular weight excluding hydrogens is 422 g/mol. The van der Waals surface area contributed by atoms with Gasteiger partial charge in [-0.05, 0) is 42.7 Å². The molecule has 1 amide bonds. The third kappa shape index (κ3) is 5.69. The van der Waals surface area contributed by atoms with Crippen LogP contribution in [0.15, 0.2) is 64.8 Å². The van der Waals surface area contributed by atoms with Crippen molar-refractivity contribution in [1.29, 1.82) is 0 Å². The summed E-state index contributed by atoms with van der Waals surface area (Å²) in [5.74, 6) is 0.129. The van der Waals surface area contributed by atoms with E-state index in [1.807, 2.05) is 41.4 Å². The molecule has 1 aromatic carbocycles. The molecule has 0 aromatic heterocycles. The molecule has 1 aromatic rings. The largest absolute Gasteiger partial charge is 0.450 e. The van der Waals surface area contributed by atoms with Crippen molar-refractivity contribution in [3.8, 4) is 0 Å². The highest BCUT2D eigenvalue weighted by Crippen LogP contribution is 2.32. The van der Waals surface area contributed by atoms with E-state index in [4.69, 9.17) is 20.3 Å². The van der Waals surface area contributed by atoms with E-state index >= 15 is 0 Å². The highest BCUT2D eigenvalue weighted by Gasteiger charge is 2.35. The van der Waals surface area contributed by atoms with Crippen molar-refractivity contribution in [2.75, 3.05) is 31.6 Å². The van der Waals surface area contributed by atoms with Gasteiger partial charge in [0.25, 0.3) is 0 Å². The quantitative estimate of drug-likeness (QED) is 0.422. The summed E-state index contributed by atoms with van der Waals surface area (Å²) in [5, 5.41) is 22.8. The topological polar surface area (TPSA) is 121 Å². The molecule has 33 heavy (non-hydrogen) atoms. The number of rotatable bonds is 9. The highest BCUT2D eigenvalue weighted by molar-refractivity contribution is 5.99. The van der Waals surface area contributed by atoms with Crippen LogP contribution >= 0.6 is 0 Å². The number of hydrazone groups is 1. The van der Waals surface area contributed by atoms with Gasteiger partial charge in [0.2, 0.25) is 0 Å². The fraction of sp³-hybridized carbons (Fsp3) is 0.417. The molecule has 2 heterocycles. The Morgan fingerprint density at radius 1 is 1.45 bits per heavy atom. The number of benzene rings is 1. The lowest BCUT2D eigenvalue weighted by Gasteiger charge is -2.41. The molecule has 0 spiro atoms. The van der Waals surface area contributed by atoms with Gasteiger partial charge >= 0.3 is 6.09 Å². The minimum atomic E-state index is -0.714. The van der Waals surface area contributed by atoms with Crippen molar-refractivity contribution in [2.45, 2.75) is 32.3 Å². The highest BCUT2D eigenvalue weighted by atomic mass is 16.5. The number of nitrogens with zero attached hydrogens (tertiary/aromatic N) is 2. The fourth-order valence-electron chi connectivity index (χ4n) is 3.98. The molecule has 0 saturated carbocycles. The monoisotopic (exact) mass is 453 g/mol. The summed E-state index contributed by atoms with van der Waals surface area (Å²) in [4.78, 5) is 11.7. The number of ether oxygens (including phenoxy) is 2. The molecule has 4 rings (SSSR count). The molecule has 9 nitrogen and oxygen atoms in total. The van der Waals surface area contributed by atoms with E-state index in [9.17, 15) is 9.90 Å². The Morgan fingerprint density at radius 3 is 3.03 bits per heavy atom. The Hall–Kier alpha value is -2.98. The van der Waals surface area contributed by atoms with Gasteiger partial charge in [-0.15, -0.1) is 0 Å². The lowest BCUT2D eigenvalue weighted by molar-refractivity contribution is -0.0950. The van der Waals surface area contributed by atoms with Crippen LogP contribution in [0.2, 0.25) is 0 Å². The van der Waals surface area contributed by atoms with Crippen LogP contribution in [-0.2, 0) is 16.0 Å². The van der Waals surface area contributed by atoms with Gasteiger partial charge in [0.05, 0.1) is 25.5 Å². The van der Waals surface area contributed by atoms with Gasteiger partial charge in [-0.1, -0.05) is 30.4 Å². The Bertz CT molecular complexity index is 987. The molecule has 1 saturated heterocycles. The normalized spacial score (nSPS) is 22.4. The van der Waals surface area contributed by atoms with Gasteiger partial charge in [0.1, 0.15) is 6.23 Å². The van der Waals surface area contributed by atoms with Crippen molar-refractivity contribution in [2.24, 2.45) is 16.8 Å². The zero-order valence-corrected chi connectivity index (χ0v) is 18.7. The van der Waals surface area contributed by atoms with E-state index in [2.05, 4.69) is 22.8 Å². The van der Waals surface area contributed by atoms with Crippen molar-refractivity contribution in [3.63, 3.8) is 0 Å². The van der Waals surface area contributed by atoms with Crippen LogP contribution < -0.4 is 16.4 Å². The fourth-order valence-corrected chi connectivity index (χ4v) is 3.98. The summed E-state index contributed by atoms with van der Waals surface area (Å²) in [5.41, 5.74) is 10.2. The zero-order valence-electron chi connectivity index (χ0n) is 18.7. The molecule has 3 unspecified atom stereocenters. The van der Waals surface area contributed by atoms with Crippen LogP contribution in [0.4, 0.5) is 10.5 Å². The van der Waals surface area contributed by atoms with Crippen LogP contribution in [-0.4, -0.2) is 60.7 Å². The average molecular weight is 454 g/mol. The van der Waals surface area contributed by atoms with Gasteiger partial charge in [-0.3, -0.25) is 15.6 Å². The number of allylic oxidation sites excluding steroid dienone is 3. The average Bonchev–Trinajstić information content (AvgIpc) is 2.79. The van der Waals surface area contributed by atoms with Gasteiger partial charge in [-0.2, -0.15) is 5.10 Å². The van der Waals surface area contributed by atoms with Crippen LogP contribution in [0.5, 0.6) is 0 Å². The first-order chi connectivity index (χ1) is 16.1. The predicted molar refractivity (Wildman–Crippen MR) is 126 cm³/mol. The summed E-state index contributed by atoms with van der Waals surface area (Å²) in [6, 6.07) is 7.62. The van der Waals surface area contributed by atoms with Crippen molar-refractivity contribution in [1.82, 2.24) is 10.3 Å². The second-order valence-electron chi connectivity index (χ2n) is 8.10. The van der Waals surface area contributed by atoms with E-state index in [0.717, 1.165) is 23.3 Å². The van der Waals surface area contributed by atoms with Crippen molar-refractivity contribution >= 4 is 17.5 Å². The number of nitrogens with two attached hydrogens (primary N) is 1. The molecule has 0 bridgehead atoms. The van der Waals surface area contributed by atoms with Crippen LogP contribution in [0.1, 0.15) is 18.9 Å². The molecule has 1 fully saturated rings. The molecule has 3 aliphatic rings. The summed E-state index contributed by atoms with van der Waals surface area (Å²) in [7, 11) is 0. The van der Waals surface area contributed by atoms with Gasteiger partial charge < -0.3 is 20.3 Å². The number of fused-ring (bicyclic) bond motifs is 1. The number of nitrogens with one attached hydrogen (secondary N) is 2. The number of carbonyl (C=O) groups is 1. The number of hydrogen-bond acceptors (Lipinski definition) is 8. The lowest BCUT2D eigenvalue weighted by Crippen LogP contribution is -2.47. The lowest BCUT2D eigenvalue weighted by atomic mass is 9.89. The number of aliphatic hydroxyl groups excluding tert-OH is 1. The first-order valence-corrected chi connectivity index (χ1v) is 11.3. The maximum absolute atomic E-state index is 11.7. The second kappa shape index (κ2) is 10.8. The van der Waals surface area contributed by atoms with E-state index < -0.39 is 12.3 Å². The number of hydrogen-bond donors (Lipinski definition) is 4. The van der Waals surface area contributed by atoms with Crippen molar-refractivity contribution < 1.29 is 19.4 Å². The minimum Gasteiger partial charge on any atom is -0.450 e. The smallest absolute Gasteiger partial charge is 0.411 e. The summed E-state index contributed by atoms with van der Waals surface area (Å²) >= 11 is 0. The van der Waals surface area contributed by atoms with E-state index in [-0.39, 0.29) is 12.1 Å². The van der Waals surface area contributed by atoms with Gasteiger partial charge in [0.15, 0.2) is 6.23 Å². The molecule has 0 radical (unpaired) electrons. The second-order valence-corrected chi connectivity index (χ2v) is 8.10. The summed E-state index contributed by atoms with van der Waals surface area (Å²) in [6.07, 6.45) is 7.61. The Morgan fingerprint density at radius 2 is 2.33 bits per heavy atom. The summed E-state index contributed by atoms with van der Waals surface area (Å²) in [6.45, 7) is 4.27. The maximum atomic E-state index is 11.7. The third-order valence-corrected chi connectivity index (χ3v) is 5.67.